The summed E-state index contributed by atoms with van der Waals surface area (Å²) in [5.74, 6) is -0.443. The monoisotopic (exact) mass is 217 g/mol. The summed E-state index contributed by atoms with van der Waals surface area (Å²) in [4.78, 5) is 0. The quantitative estimate of drug-likeness (QED) is 0.816. The number of benzene rings is 1. The molecule has 2 nitrogen and oxygen atoms in total. The Morgan fingerprint density at radius 3 is 2.57 bits per heavy atom. The molecule has 14 heavy (non-hydrogen) atoms. The molecule has 0 aliphatic carbocycles. The van der Waals surface area contributed by atoms with Crippen LogP contribution in [0, 0.1) is 5.82 Å². The number of nitrogens with one attached hydrogen (secondary N) is 1. The standard InChI is InChI=1S/C10H13ClFNO/c1-6(7(2)14)13-8-3-4-10(12)9(11)5-8/h3-7,13-14H,1-2H3. The van der Waals surface area contributed by atoms with Gasteiger partial charge in [-0.25, -0.2) is 4.39 Å². The number of aliphatic hydroxyl groups excluding tert-OH is 1. The largest absolute Gasteiger partial charge is 0.391 e. The Morgan fingerprint density at radius 1 is 1.43 bits per heavy atom. The van der Waals surface area contributed by atoms with Gasteiger partial charge in [-0.1, -0.05) is 11.6 Å². The van der Waals surface area contributed by atoms with E-state index < -0.39 is 11.9 Å². The highest BCUT2D eigenvalue weighted by Crippen LogP contribution is 2.20. The SMILES string of the molecule is CC(O)C(C)Nc1ccc(F)c(Cl)c1. The molecule has 0 saturated carbocycles. The molecule has 78 valence electrons. The molecule has 0 radical (unpaired) electrons. The molecular weight excluding hydrogens is 205 g/mol. The molecule has 4 heteroatoms. The molecule has 0 spiro atoms. The van der Waals surface area contributed by atoms with E-state index in [0.29, 0.717) is 5.69 Å². The van der Waals surface area contributed by atoms with Gasteiger partial charge in [0.05, 0.1) is 11.1 Å². The maximum absolute atomic E-state index is 12.8. The fourth-order valence-corrected chi connectivity index (χ4v) is 1.15. The summed E-state index contributed by atoms with van der Waals surface area (Å²) in [6.45, 7) is 3.52. The van der Waals surface area contributed by atoms with Crippen molar-refractivity contribution in [2.45, 2.75) is 26.0 Å². The zero-order valence-electron chi connectivity index (χ0n) is 8.09. The molecule has 0 heterocycles. The predicted molar refractivity (Wildman–Crippen MR) is 56.2 cm³/mol. The minimum Gasteiger partial charge on any atom is -0.391 e. The molecule has 2 atom stereocenters. The van der Waals surface area contributed by atoms with E-state index in [1.165, 1.54) is 12.1 Å². The summed E-state index contributed by atoms with van der Waals surface area (Å²) in [5, 5.41) is 12.3. The van der Waals surface area contributed by atoms with Crippen molar-refractivity contribution in [1.29, 1.82) is 0 Å². The average Bonchev–Trinajstić information content (AvgIpc) is 2.11. The van der Waals surface area contributed by atoms with Gasteiger partial charge >= 0.3 is 0 Å². The lowest BCUT2D eigenvalue weighted by Crippen LogP contribution is -2.27. The summed E-state index contributed by atoms with van der Waals surface area (Å²) in [5.41, 5.74) is 0.699. The molecule has 0 aromatic heterocycles. The summed E-state index contributed by atoms with van der Waals surface area (Å²) in [6.07, 6.45) is -0.473. The van der Waals surface area contributed by atoms with Crippen LogP contribution in [0.25, 0.3) is 0 Å². The first-order valence-electron chi connectivity index (χ1n) is 4.40. The van der Waals surface area contributed by atoms with Gasteiger partial charge in [-0.05, 0) is 32.0 Å². The highest BCUT2D eigenvalue weighted by Gasteiger charge is 2.08. The van der Waals surface area contributed by atoms with E-state index in [0.717, 1.165) is 0 Å². The van der Waals surface area contributed by atoms with Gasteiger partial charge in [0.1, 0.15) is 5.82 Å². The number of anilines is 1. The van der Waals surface area contributed by atoms with Crippen LogP contribution in [-0.4, -0.2) is 17.3 Å². The molecule has 1 aromatic carbocycles. The Balaban J connectivity index is 2.73. The zero-order valence-corrected chi connectivity index (χ0v) is 8.85. The van der Waals surface area contributed by atoms with Crippen molar-refractivity contribution in [3.63, 3.8) is 0 Å². The van der Waals surface area contributed by atoms with Gasteiger partial charge in [-0.2, -0.15) is 0 Å². The third-order valence-corrected chi connectivity index (χ3v) is 2.33. The van der Waals surface area contributed by atoms with E-state index in [1.54, 1.807) is 13.0 Å². The second-order valence-corrected chi connectivity index (χ2v) is 3.71. The highest BCUT2D eigenvalue weighted by molar-refractivity contribution is 6.31. The van der Waals surface area contributed by atoms with Gasteiger partial charge in [-0.15, -0.1) is 0 Å². The van der Waals surface area contributed by atoms with Crippen molar-refractivity contribution in [2.24, 2.45) is 0 Å². The molecule has 0 fully saturated rings. The first kappa shape index (κ1) is 11.3. The first-order chi connectivity index (χ1) is 6.50. The Labute approximate surface area is 87.7 Å². The minimum atomic E-state index is -0.473. The van der Waals surface area contributed by atoms with Crippen molar-refractivity contribution in [1.82, 2.24) is 0 Å². The Kier molecular flexibility index (Phi) is 3.72. The van der Waals surface area contributed by atoms with Gasteiger partial charge in [0.15, 0.2) is 0 Å². The van der Waals surface area contributed by atoms with Gasteiger partial charge < -0.3 is 10.4 Å². The van der Waals surface area contributed by atoms with Gasteiger partial charge in [0, 0.05) is 11.7 Å². The topological polar surface area (TPSA) is 32.3 Å². The molecule has 0 aliphatic heterocycles. The molecule has 1 rings (SSSR count). The van der Waals surface area contributed by atoms with E-state index in [4.69, 9.17) is 11.6 Å². The molecule has 2 unspecified atom stereocenters. The van der Waals surface area contributed by atoms with Crippen LogP contribution in [0.3, 0.4) is 0 Å². The van der Waals surface area contributed by atoms with Crippen molar-refractivity contribution >= 4 is 17.3 Å². The third-order valence-electron chi connectivity index (χ3n) is 2.04. The lowest BCUT2D eigenvalue weighted by molar-refractivity contribution is 0.178. The summed E-state index contributed by atoms with van der Waals surface area (Å²) < 4.78 is 12.8. The molecule has 1 aromatic rings. The molecule has 0 aliphatic rings. The molecular formula is C10H13ClFNO. The van der Waals surface area contributed by atoms with Crippen LogP contribution >= 0.6 is 11.6 Å². The molecule has 0 bridgehead atoms. The van der Waals surface area contributed by atoms with E-state index in [-0.39, 0.29) is 11.1 Å². The van der Waals surface area contributed by atoms with E-state index in [2.05, 4.69) is 5.32 Å². The third kappa shape index (κ3) is 2.86. The van der Waals surface area contributed by atoms with E-state index in [9.17, 15) is 9.50 Å². The lowest BCUT2D eigenvalue weighted by atomic mass is 10.2. The summed E-state index contributed by atoms with van der Waals surface area (Å²) in [7, 11) is 0. The minimum absolute atomic E-state index is 0.0767. The number of hydrogen-bond donors (Lipinski definition) is 2. The van der Waals surface area contributed by atoms with Gasteiger partial charge in [0.2, 0.25) is 0 Å². The van der Waals surface area contributed by atoms with Crippen LogP contribution in [0.2, 0.25) is 5.02 Å². The lowest BCUT2D eigenvalue weighted by Gasteiger charge is -2.17. The van der Waals surface area contributed by atoms with Crippen molar-refractivity contribution < 1.29 is 9.50 Å². The fraction of sp³-hybridized carbons (Fsp3) is 0.400. The van der Waals surface area contributed by atoms with E-state index in [1.807, 2.05) is 6.92 Å². The smallest absolute Gasteiger partial charge is 0.141 e. The van der Waals surface area contributed by atoms with Gasteiger partial charge in [-0.3, -0.25) is 0 Å². The Morgan fingerprint density at radius 2 is 2.07 bits per heavy atom. The maximum Gasteiger partial charge on any atom is 0.141 e. The van der Waals surface area contributed by atoms with Crippen molar-refractivity contribution in [3.05, 3.63) is 29.0 Å². The summed E-state index contributed by atoms with van der Waals surface area (Å²) >= 11 is 5.60. The second kappa shape index (κ2) is 4.62. The normalized spacial score (nSPS) is 14.9. The van der Waals surface area contributed by atoms with Crippen LogP contribution in [0.15, 0.2) is 18.2 Å². The van der Waals surface area contributed by atoms with Crippen LogP contribution in [0.4, 0.5) is 10.1 Å². The predicted octanol–water partition coefficient (Wildman–Crippen LogP) is 2.66. The maximum atomic E-state index is 12.8. The second-order valence-electron chi connectivity index (χ2n) is 3.30. The van der Waals surface area contributed by atoms with Crippen LogP contribution in [0.5, 0.6) is 0 Å². The molecule has 0 saturated heterocycles. The van der Waals surface area contributed by atoms with E-state index >= 15 is 0 Å². The Bertz CT molecular complexity index is 317. The number of hydrogen-bond acceptors (Lipinski definition) is 2. The summed E-state index contributed by atoms with van der Waals surface area (Å²) in [6, 6.07) is 4.27. The number of halogens is 2. The number of aliphatic hydroxyl groups is 1. The highest BCUT2D eigenvalue weighted by atomic mass is 35.5. The average molecular weight is 218 g/mol. The first-order valence-corrected chi connectivity index (χ1v) is 4.78. The van der Waals surface area contributed by atoms with Crippen molar-refractivity contribution in [3.8, 4) is 0 Å². The van der Waals surface area contributed by atoms with Crippen molar-refractivity contribution in [2.75, 3.05) is 5.32 Å². The molecule has 2 N–H and O–H groups in total. The van der Waals surface area contributed by atoms with Crippen LogP contribution in [0.1, 0.15) is 13.8 Å². The van der Waals surface area contributed by atoms with Gasteiger partial charge in [0.25, 0.3) is 0 Å². The molecule has 0 amide bonds. The number of rotatable bonds is 3. The van der Waals surface area contributed by atoms with Crippen LogP contribution in [-0.2, 0) is 0 Å². The zero-order chi connectivity index (χ0) is 10.7. The Hall–Kier alpha value is -0.800. The fourth-order valence-electron chi connectivity index (χ4n) is 0.969. The van der Waals surface area contributed by atoms with Crippen LogP contribution < -0.4 is 5.32 Å².